The number of aromatic nitrogens is 2. The van der Waals surface area contributed by atoms with Gasteiger partial charge in [0.15, 0.2) is 11.5 Å². The highest BCUT2D eigenvalue weighted by Gasteiger charge is 2.17. The summed E-state index contributed by atoms with van der Waals surface area (Å²) in [5.74, 6) is 1.48. The molecule has 1 heterocycles. The number of benzene rings is 1. The second kappa shape index (κ2) is 6.63. The van der Waals surface area contributed by atoms with Gasteiger partial charge in [0.05, 0.1) is 25.5 Å². The maximum atomic E-state index is 6.37. The van der Waals surface area contributed by atoms with Crippen molar-refractivity contribution in [3.05, 3.63) is 41.2 Å². The molecule has 0 saturated carbocycles. The second-order valence-corrected chi connectivity index (χ2v) is 4.86. The third-order valence-electron chi connectivity index (χ3n) is 3.53. The quantitative estimate of drug-likeness (QED) is 0.888. The van der Waals surface area contributed by atoms with Crippen LogP contribution in [0.15, 0.2) is 24.4 Å². The molecule has 5 nitrogen and oxygen atoms in total. The topological polar surface area (TPSA) is 62.3 Å². The van der Waals surface area contributed by atoms with Crippen molar-refractivity contribution in [2.24, 2.45) is 12.8 Å². The highest BCUT2D eigenvalue weighted by atomic mass is 16.5. The van der Waals surface area contributed by atoms with Gasteiger partial charge in [-0.05, 0) is 38.5 Å². The summed E-state index contributed by atoms with van der Waals surface area (Å²) in [4.78, 5) is 0. The monoisotopic (exact) mass is 289 g/mol. The average Bonchev–Trinajstić information content (AvgIpc) is 2.81. The molecule has 21 heavy (non-hydrogen) atoms. The molecular formula is C16H23N3O2. The molecule has 1 atom stereocenters. The van der Waals surface area contributed by atoms with E-state index in [2.05, 4.69) is 5.10 Å². The van der Waals surface area contributed by atoms with Crippen LogP contribution in [0, 0.1) is 6.92 Å². The fraction of sp³-hybridized carbons (Fsp3) is 0.438. The highest BCUT2D eigenvalue weighted by molar-refractivity contribution is 5.46. The summed E-state index contributed by atoms with van der Waals surface area (Å²) < 4.78 is 13.1. The van der Waals surface area contributed by atoms with Crippen LogP contribution < -0.4 is 15.2 Å². The Hall–Kier alpha value is -2.01. The van der Waals surface area contributed by atoms with E-state index in [4.69, 9.17) is 15.2 Å². The molecule has 0 spiro atoms. The zero-order valence-electron chi connectivity index (χ0n) is 13.1. The molecular weight excluding hydrogens is 266 g/mol. The van der Waals surface area contributed by atoms with Crippen LogP contribution in [0.2, 0.25) is 0 Å². The molecule has 0 aliphatic carbocycles. The van der Waals surface area contributed by atoms with Crippen molar-refractivity contribution in [3.8, 4) is 11.5 Å². The number of hydrogen-bond donors (Lipinski definition) is 1. The Labute approximate surface area is 125 Å². The lowest BCUT2D eigenvalue weighted by Gasteiger charge is -2.16. The lowest BCUT2D eigenvalue weighted by Crippen LogP contribution is -2.13. The first-order valence-corrected chi connectivity index (χ1v) is 7.22. The fourth-order valence-electron chi connectivity index (χ4n) is 2.26. The van der Waals surface area contributed by atoms with Gasteiger partial charge in [-0.15, -0.1) is 0 Å². The van der Waals surface area contributed by atoms with E-state index in [0.717, 1.165) is 28.3 Å². The van der Waals surface area contributed by atoms with Gasteiger partial charge < -0.3 is 15.2 Å². The summed E-state index contributed by atoms with van der Waals surface area (Å²) >= 11 is 0. The van der Waals surface area contributed by atoms with Gasteiger partial charge in [0.25, 0.3) is 0 Å². The normalized spacial score (nSPS) is 12.2. The van der Waals surface area contributed by atoms with Crippen LogP contribution in [-0.4, -0.2) is 23.0 Å². The van der Waals surface area contributed by atoms with Crippen molar-refractivity contribution in [1.82, 2.24) is 9.78 Å². The fourth-order valence-corrected chi connectivity index (χ4v) is 2.26. The van der Waals surface area contributed by atoms with Crippen LogP contribution in [-0.2, 0) is 7.05 Å². The smallest absolute Gasteiger partial charge is 0.161 e. The van der Waals surface area contributed by atoms with E-state index in [1.807, 2.05) is 56.9 Å². The van der Waals surface area contributed by atoms with Gasteiger partial charge in [0.1, 0.15) is 0 Å². The highest BCUT2D eigenvalue weighted by Crippen LogP contribution is 2.32. The first-order valence-electron chi connectivity index (χ1n) is 7.22. The van der Waals surface area contributed by atoms with Gasteiger partial charge in [0, 0.05) is 18.3 Å². The SMILES string of the molecule is CCOc1ccc(C(N)c2cnn(C)c2C)cc1OCC. The van der Waals surface area contributed by atoms with Crippen LogP contribution in [0.4, 0.5) is 0 Å². The van der Waals surface area contributed by atoms with Crippen molar-refractivity contribution in [3.63, 3.8) is 0 Å². The molecule has 0 radical (unpaired) electrons. The van der Waals surface area contributed by atoms with Gasteiger partial charge in [-0.2, -0.15) is 5.10 Å². The molecule has 0 amide bonds. The lowest BCUT2D eigenvalue weighted by atomic mass is 10.00. The number of ether oxygens (including phenoxy) is 2. The van der Waals surface area contributed by atoms with Gasteiger partial charge in [-0.3, -0.25) is 4.68 Å². The molecule has 1 aromatic heterocycles. The Balaban J connectivity index is 2.35. The summed E-state index contributed by atoms with van der Waals surface area (Å²) in [5.41, 5.74) is 9.44. The molecule has 0 bridgehead atoms. The zero-order valence-corrected chi connectivity index (χ0v) is 13.1. The summed E-state index contributed by atoms with van der Waals surface area (Å²) in [6.07, 6.45) is 1.82. The molecule has 0 saturated heterocycles. The van der Waals surface area contributed by atoms with Gasteiger partial charge >= 0.3 is 0 Å². The molecule has 5 heteroatoms. The van der Waals surface area contributed by atoms with E-state index in [9.17, 15) is 0 Å². The van der Waals surface area contributed by atoms with Crippen molar-refractivity contribution in [1.29, 1.82) is 0 Å². The number of nitrogens with two attached hydrogens (primary N) is 1. The van der Waals surface area contributed by atoms with E-state index in [-0.39, 0.29) is 6.04 Å². The maximum absolute atomic E-state index is 6.37. The Morgan fingerprint density at radius 2 is 1.86 bits per heavy atom. The summed E-state index contributed by atoms with van der Waals surface area (Å²) in [6.45, 7) is 7.11. The predicted molar refractivity (Wildman–Crippen MR) is 82.8 cm³/mol. The van der Waals surface area contributed by atoms with E-state index in [1.54, 1.807) is 0 Å². The van der Waals surface area contributed by atoms with Crippen molar-refractivity contribution < 1.29 is 9.47 Å². The van der Waals surface area contributed by atoms with Crippen molar-refractivity contribution >= 4 is 0 Å². The number of nitrogens with zero attached hydrogens (tertiary/aromatic N) is 2. The molecule has 2 rings (SSSR count). The largest absolute Gasteiger partial charge is 0.490 e. The molecule has 0 aliphatic heterocycles. The van der Waals surface area contributed by atoms with Crippen LogP contribution in [0.25, 0.3) is 0 Å². The predicted octanol–water partition coefficient (Wildman–Crippen LogP) is 2.57. The summed E-state index contributed by atoms with van der Waals surface area (Å²) in [5, 5.41) is 4.25. The van der Waals surface area contributed by atoms with Crippen LogP contribution in [0.3, 0.4) is 0 Å². The van der Waals surface area contributed by atoms with Crippen molar-refractivity contribution in [2.75, 3.05) is 13.2 Å². The van der Waals surface area contributed by atoms with Gasteiger partial charge in [-0.1, -0.05) is 6.07 Å². The molecule has 1 unspecified atom stereocenters. The van der Waals surface area contributed by atoms with Crippen LogP contribution in [0.1, 0.15) is 36.7 Å². The van der Waals surface area contributed by atoms with E-state index < -0.39 is 0 Å². The summed E-state index contributed by atoms with van der Waals surface area (Å²) in [6, 6.07) is 5.61. The van der Waals surface area contributed by atoms with Crippen LogP contribution in [0.5, 0.6) is 11.5 Å². The molecule has 2 N–H and O–H groups in total. The first kappa shape index (κ1) is 15.4. The minimum atomic E-state index is -0.228. The minimum absolute atomic E-state index is 0.228. The Morgan fingerprint density at radius 1 is 1.19 bits per heavy atom. The Kier molecular flexibility index (Phi) is 4.85. The first-order chi connectivity index (χ1) is 10.1. The molecule has 0 fully saturated rings. The Morgan fingerprint density at radius 3 is 2.43 bits per heavy atom. The van der Waals surface area contributed by atoms with E-state index in [0.29, 0.717) is 13.2 Å². The summed E-state index contributed by atoms with van der Waals surface area (Å²) in [7, 11) is 1.91. The minimum Gasteiger partial charge on any atom is -0.490 e. The number of rotatable bonds is 6. The molecule has 1 aromatic carbocycles. The molecule has 0 aliphatic rings. The number of aryl methyl sites for hydroxylation is 1. The standard InChI is InChI=1S/C16H23N3O2/c1-5-20-14-8-7-12(9-15(14)21-6-2)16(17)13-10-18-19(4)11(13)3/h7-10,16H,5-6,17H2,1-4H3. The number of hydrogen-bond acceptors (Lipinski definition) is 4. The maximum Gasteiger partial charge on any atom is 0.161 e. The average molecular weight is 289 g/mol. The third-order valence-corrected chi connectivity index (χ3v) is 3.53. The second-order valence-electron chi connectivity index (χ2n) is 4.86. The molecule has 2 aromatic rings. The van der Waals surface area contributed by atoms with E-state index >= 15 is 0 Å². The van der Waals surface area contributed by atoms with Crippen LogP contribution >= 0.6 is 0 Å². The van der Waals surface area contributed by atoms with Gasteiger partial charge in [0.2, 0.25) is 0 Å². The third kappa shape index (κ3) is 3.19. The van der Waals surface area contributed by atoms with E-state index in [1.165, 1.54) is 0 Å². The lowest BCUT2D eigenvalue weighted by molar-refractivity contribution is 0.287. The zero-order chi connectivity index (χ0) is 15.4. The Bertz CT molecular complexity index is 608. The molecule has 114 valence electrons. The van der Waals surface area contributed by atoms with Gasteiger partial charge in [-0.25, -0.2) is 0 Å². The van der Waals surface area contributed by atoms with Crippen molar-refractivity contribution in [2.45, 2.75) is 26.8 Å².